The number of ether oxygens (including phenoxy) is 3. The molecule has 0 aliphatic heterocycles. The quantitative estimate of drug-likeness (QED) is 0.345. The van der Waals surface area contributed by atoms with E-state index in [2.05, 4.69) is 10.4 Å². The highest BCUT2D eigenvalue weighted by Crippen LogP contribution is 2.31. The summed E-state index contributed by atoms with van der Waals surface area (Å²) in [5.74, 6) is -0.000613. The maximum absolute atomic E-state index is 13.1. The third kappa shape index (κ3) is 5.30. The molecule has 0 aliphatic rings. The predicted molar refractivity (Wildman–Crippen MR) is 136 cm³/mol. The van der Waals surface area contributed by atoms with Crippen LogP contribution >= 0.6 is 0 Å². The lowest BCUT2D eigenvalue weighted by molar-refractivity contribution is -0.119. The van der Waals surface area contributed by atoms with E-state index < -0.39 is 18.5 Å². The molecule has 0 atom stereocenters. The van der Waals surface area contributed by atoms with Gasteiger partial charge in [-0.1, -0.05) is 30.3 Å². The summed E-state index contributed by atoms with van der Waals surface area (Å²) in [4.78, 5) is 30.4. The summed E-state index contributed by atoms with van der Waals surface area (Å²) >= 11 is 0. The Bertz CT molecular complexity index is 1400. The molecule has 9 heteroatoms. The molecule has 0 saturated carbocycles. The summed E-state index contributed by atoms with van der Waals surface area (Å²) in [6.07, 6.45) is 0. The van der Waals surface area contributed by atoms with Gasteiger partial charge in [0.25, 0.3) is 5.91 Å². The number of hydrogen-bond donors (Lipinski definition) is 1. The Kier molecular flexibility index (Phi) is 7.48. The Morgan fingerprint density at radius 2 is 1.69 bits per heavy atom. The Labute approximate surface area is 209 Å². The summed E-state index contributed by atoms with van der Waals surface area (Å²) in [6.45, 7) is 6.04. The van der Waals surface area contributed by atoms with Gasteiger partial charge in [-0.3, -0.25) is 9.48 Å². The van der Waals surface area contributed by atoms with Gasteiger partial charge >= 0.3 is 5.97 Å². The van der Waals surface area contributed by atoms with Gasteiger partial charge < -0.3 is 19.5 Å². The van der Waals surface area contributed by atoms with Gasteiger partial charge in [0.2, 0.25) is 0 Å². The number of amides is 1. The van der Waals surface area contributed by atoms with Crippen molar-refractivity contribution in [3.8, 4) is 22.8 Å². The van der Waals surface area contributed by atoms with E-state index in [1.54, 1.807) is 42.9 Å². The molecule has 2 heterocycles. The number of carbonyl (C=O) groups is 2. The molecule has 0 unspecified atom stereocenters. The van der Waals surface area contributed by atoms with Crippen molar-refractivity contribution >= 4 is 28.6 Å². The lowest BCUT2D eigenvalue weighted by Crippen LogP contribution is -2.21. The molecule has 186 valence electrons. The van der Waals surface area contributed by atoms with E-state index in [9.17, 15) is 9.59 Å². The number of aryl methyl sites for hydroxylation is 2. The fourth-order valence-corrected chi connectivity index (χ4v) is 3.90. The van der Waals surface area contributed by atoms with Gasteiger partial charge in [-0.05, 0) is 39.0 Å². The number of esters is 1. The van der Waals surface area contributed by atoms with Crippen LogP contribution in [0.1, 0.15) is 29.9 Å². The van der Waals surface area contributed by atoms with Crippen LogP contribution in [0.5, 0.6) is 11.5 Å². The summed E-state index contributed by atoms with van der Waals surface area (Å²) in [7, 11) is 1.77. The highest BCUT2D eigenvalue weighted by atomic mass is 16.5. The molecule has 0 spiro atoms. The van der Waals surface area contributed by atoms with Crippen molar-refractivity contribution < 1.29 is 23.8 Å². The number of carbonyl (C=O) groups excluding carboxylic acids is 2. The Morgan fingerprint density at radius 1 is 0.972 bits per heavy atom. The number of rotatable bonds is 9. The van der Waals surface area contributed by atoms with Crippen LogP contribution in [-0.2, 0) is 16.6 Å². The standard InChI is InChI=1S/C27H28N4O5/c1-5-34-22-13-12-19(14-23(22)35-6-2)28-24(32)16-36-27(33)20-15-21(18-10-8-7-9-11-18)29-26-25(20)17(3)30-31(26)4/h7-15H,5-6,16H2,1-4H3,(H,28,32). The second kappa shape index (κ2) is 10.9. The van der Waals surface area contributed by atoms with Crippen molar-refractivity contribution in [1.82, 2.24) is 14.8 Å². The van der Waals surface area contributed by atoms with E-state index in [1.165, 1.54) is 0 Å². The molecule has 0 saturated heterocycles. The second-order valence-electron chi connectivity index (χ2n) is 7.98. The molecular weight excluding hydrogens is 460 g/mol. The number of fused-ring (bicyclic) bond motifs is 1. The van der Waals surface area contributed by atoms with E-state index in [-0.39, 0.29) is 0 Å². The normalized spacial score (nSPS) is 10.8. The Morgan fingerprint density at radius 3 is 2.42 bits per heavy atom. The molecule has 9 nitrogen and oxygen atoms in total. The Balaban J connectivity index is 1.53. The first-order valence-corrected chi connectivity index (χ1v) is 11.7. The van der Waals surface area contributed by atoms with Crippen molar-refractivity contribution in [2.75, 3.05) is 25.1 Å². The number of nitrogens with one attached hydrogen (secondary N) is 1. The molecule has 1 amide bonds. The van der Waals surface area contributed by atoms with Gasteiger partial charge in [0.05, 0.1) is 35.6 Å². The zero-order chi connectivity index (χ0) is 25.7. The Hall–Kier alpha value is -4.40. The maximum Gasteiger partial charge on any atom is 0.339 e. The monoisotopic (exact) mass is 488 g/mol. The van der Waals surface area contributed by atoms with Crippen LogP contribution in [0.15, 0.2) is 54.6 Å². The molecule has 0 fully saturated rings. The first-order chi connectivity index (χ1) is 17.4. The van der Waals surface area contributed by atoms with Crippen LogP contribution in [-0.4, -0.2) is 46.5 Å². The average molecular weight is 489 g/mol. The topological polar surface area (TPSA) is 105 Å². The third-order valence-corrected chi connectivity index (χ3v) is 5.42. The van der Waals surface area contributed by atoms with E-state index in [0.717, 1.165) is 5.56 Å². The minimum Gasteiger partial charge on any atom is -0.490 e. The number of benzene rings is 2. The van der Waals surface area contributed by atoms with Crippen LogP contribution in [0.2, 0.25) is 0 Å². The predicted octanol–water partition coefficient (Wildman–Crippen LogP) is 4.54. The first kappa shape index (κ1) is 24.7. The van der Waals surface area contributed by atoms with Crippen molar-refractivity contribution in [3.63, 3.8) is 0 Å². The number of anilines is 1. The summed E-state index contributed by atoms with van der Waals surface area (Å²) in [5.41, 5.74) is 3.48. The van der Waals surface area contributed by atoms with E-state index in [0.29, 0.717) is 58.4 Å². The van der Waals surface area contributed by atoms with Crippen LogP contribution in [0.25, 0.3) is 22.3 Å². The number of pyridine rings is 1. The van der Waals surface area contributed by atoms with Crippen molar-refractivity contribution in [3.05, 3.63) is 65.9 Å². The molecule has 0 radical (unpaired) electrons. The zero-order valence-corrected chi connectivity index (χ0v) is 20.7. The molecular formula is C27H28N4O5. The first-order valence-electron chi connectivity index (χ1n) is 11.7. The summed E-state index contributed by atoms with van der Waals surface area (Å²) in [6, 6.07) is 16.3. The van der Waals surface area contributed by atoms with Gasteiger partial charge in [-0.15, -0.1) is 0 Å². The third-order valence-electron chi connectivity index (χ3n) is 5.42. The number of aromatic nitrogens is 3. The minimum atomic E-state index is -0.632. The van der Waals surface area contributed by atoms with Gasteiger partial charge in [-0.2, -0.15) is 5.10 Å². The second-order valence-corrected chi connectivity index (χ2v) is 7.98. The number of hydrogen-bond acceptors (Lipinski definition) is 7. The lowest BCUT2D eigenvalue weighted by atomic mass is 10.1. The largest absolute Gasteiger partial charge is 0.490 e. The fourth-order valence-electron chi connectivity index (χ4n) is 3.90. The van der Waals surface area contributed by atoms with Gasteiger partial charge in [0, 0.05) is 24.4 Å². The fraction of sp³-hybridized carbons (Fsp3) is 0.259. The molecule has 2 aromatic carbocycles. The SMILES string of the molecule is CCOc1ccc(NC(=O)COC(=O)c2cc(-c3ccccc3)nc3c2c(C)nn3C)cc1OCC. The van der Waals surface area contributed by atoms with Crippen LogP contribution in [0, 0.1) is 6.92 Å². The molecule has 36 heavy (non-hydrogen) atoms. The smallest absolute Gasteiger partial charge is 0.339 e. The zero-order valence-electron chi connectivity index (χ0n) is 20.7. The van der Waals surface area contributed by atoms with Crippen molar-refractivity contribution in [1.29, 1.82) is 0 Å². The van der Waals surface area contributed by atoms with Gasteiger partial charge in [0.1, 0.15) is 0 Å². The highest BCUT2D eigenvalue weighted by Gasteiger charge is 2.21. The highest BCUT2D eigenvalue weighted by molar-refractivity contribution is 6.06. The molecule has 4 aromatic rings. The molecule has 1 N–H and O–H groups in total. The van der Waals surface area contributed by atoms with Crippen LogP contribution in [0.4, 0.5) is 5.69 Å². The van der Waals surface area contributed by atoms with Crippen LogP contribution in [0.3, 0.4) is 0 Å². The van der Waals surface area contributed by atoms with E-state index in [1.807, 2.05) is 44.2 Å². The maximum atomic E-state index is 13.1. The van der Waals surface area contributed by atoms with E-state index in [4.69, 9.17) is 19.2 Å². The molecule has 4 rings (SSSR count). The van der Waals surface area contributed by atoms with Gasteiger partial charge in [0.15, 0.2) is 23.8 Å². The van der Waals surface area contributed by atoms with E-state index >= 15 is 0 Å². The van der Waals surface area contributed by atoms with Crippen molar-refractivity contribution in [2.24, 2.45) is 7.05 Å². The summed E-state index contributed by atoms with van der Waals surface area (Å²) < 4.78 is 18.2. The van der Waals surface area contributed by atoms with Crippen molar-refractivity contribution in [2.45, 2.75) is 20.8 Å². The molecule has 0 aliphatic carbocycles. The van der Waals surface area contributed by atoms with Gasteiger partial charge in [-0.25, -0.2) is 9.78 Å². The van der Waals surface area contributed by atoms with Crippen LogP contribution < -0.4 is 14.8 Å². The lowest BCUT2D eigenvalue weighted by Gasteiger charge is -2.13. The average Bonchev–Trinajstić information content (AvgIpc) is 3.17. The summed E-state index contributed by atoms with van der Waals surface area (Å²) in [5, 5.41) is 7.73. The number of nitrogens with zero attached hydrogens (tertiary/aromatic N) is 3. The molecule has 0 bridgehead atoms. The minimum absolute atomic E-state index is 0.303. The molecule has 2 aromatic heterocycles.